The Kier molecular flexibility index (Phi) is 4.89. The summed E-state index contributed by atoms with van der Waals surface area (Å²) in [6, 6.07) is 8.59. The Bertz CT molecular complexity index is 1300. The van der Waals surface area contributed by atoms with Gasteiger partial charge in [-0.05, 0) is 30.3 Å². The molecule has 2 N–H and O–H groups in total. The normalized spacial score (nSPS) is 11.0. The van der Waals surface area contributed by atoms with Crippen LogP contribution in [0.3, 0.4) is 0 Å². The van der Waals surface area contributed by atoms with Crippen molar-refractivity contribution in [3.8, 4) is 16.9 Å². The number of rotatable bonds is 3. The molecule has 4 rings (SSSR count). The number of benzene rings is 1. The quantitative estimate of drug-likeness (QED) is 0.308. The SMILES string of the molecule is COc1ccnc2ccc(SC(=N)n3cc(-c4cnn(C)c4)cc(F)c3=N)cc12. The predicted molar refractivity (Wildman–Crippen MR) is 110 cm³/mol. The van der Waals surface area contributed by atoms with Crippen molar-refractivity contribution in [3.63, 3.8) is 0 Å². The monoisotopic (exact) mass is 408 g/mol. The van der Waals surface area contributed by atoms with Crippen molar-refractivity contribution in [2.45, 2.75) is 4.90 Å². The zero-order valence-electron chi connectivity index (χ0n) is 15.7. The maximum atomic E-state index is 14.4. The van der Waals surface area contributed by atoms with Gasteiger partial charge in [-0.2, -0.15) is 5.10 Å². The first-order valence-corrected chi connectivity index (χ1v) is 9.43. The summed E-state index contributed by atoms with van der Waals surface area (Å²) in [7, 11) is 3.36. The fourth-order valence-corrected chi connectivity index (χ4v) is 3.73. The number of halogens is 1. The van der Waals surface area contributed by atoms with Crippen molar-refractivity contribution in [1.29, 1.82) is 10.8 Å². The largest absolute Gasteiger partial charge is 0.496 e. The summed E-state index contributed by atoms with van der Waals surface area (Å²) in [5, 5.41) is 21.4. The number of nitrogens with zero attached hydrogens (tertiary/aromatic N) is 4. The third kappa shape index (κ3) is 3.64. The van der Waals surface area contributed by atoms with E-state index in [2.05, 4.69) is 10.1 Å². The van der Waals surface area contributed by atoms with E-state index in [9.17, 15) is 4.39 Å². The van der Waals surface area contributed by atoms with Crippen molar-refractivity contribution in [3.05, 3.63) is 66.4 Å². The van der Waals surface area contributed by atoms with Crippen LogP contribution in [0.2, 0.25) is 0 Å². The number of thioether (sulfide) groups is 1. The number of pyridine rings is 2. The molecule has 0 amide bonds. The van der Waals surface area contributed by atoms with E-state index in [1.165, 1.54) is 10.6 Å². The summed E-state index contributed by atoms with van der Waals surface area (Å²) < 4.78 is 22.6. The molecule has 0 fully saturated rings. The van der Waals surface area contributed by atoms with Crippen LogP contribution >= 0.6 is 11.8 Å². The first-order chi connectivity index (χ1) is 14.0. The maximum Gasteiger partial charge on any atom is 0.171 e. The molecule has 0 saturated heterocycles. The minimum atomic E-state index is -0.707. The standard InChI is InChI=1S/C20H17FN6OS/c1-26-10-13(9-25-26)12-7-16(21)19(22)27(11-12)20(23)29-14-3-4-17-15(8-14)18(28-2)5-6-24-17/h3-11,22-23H,1-2H3. The molecular weight excluding hydrogens is 391 g/mol. The molecule has 1 aromatic carbocycles. The van der Waals surface area contributed by atoms with Gasteiger partial charge in [0, 0.05) is 47.0 Å². The molecule has 0 saturated carbocycles. The van der Waals surface area contributed by atoms with Crippen LogP contribution < -0.4 is 10.2 Å². The zero-order valence-corrected chi connectivity index (χ0v) is 16.5. The second-order valence-electron chi connectivity index (χ2n) is 6.30. The van der Waals surface area contributed by atoms with E-state index in [-0.39, 0.29) is 10.7 Å². The summed E-state index contributed by atoms with van der Waals surface area (Å²) >= 11 is 1.12. The van der Waals surface area contributed by atoms with Gasteiger partial charge in [-0.1, -0.05) is 11.8 Å². The molecule has 29 heavy (non-hydrogen) atoms. The second-order valence-corrected chi connectivity index (χ2v) is 7.36. The molecule has 0 aliphatic rings. The van der Waals surface area contributed by atoms with E-state index in [0.29, 0.717) is 16.9 Å². The second kappa shape index (κ2) is 7.51. The molecule has 0 unspecified atom stereocenters. The molecule has 0 spiro atoms. The average molecular weight is 408 g/mol. The van der Waals surface area contributed by atoms with E-state index < -0.39 is 5.82 Å². The minimum absolute atomic E-state index is 0.00171. The zero-order chi connectivity index (χ0) is 20.5. The number of methoxy groups -OCH3 is 1. The Morgan fingerprint density at radius 1 is 1.17 bits per heavy atom. The van der Waals surface area contributed by atoms with Crippen LogP contribution in [0.1, 0.15) is 0 Å². The highest BCUT2D eigenvalue weighted by Crippen LogP contribution is 2.29. The molecule has 0 radical (unpaired) electrons. The molecule has 0 bridgehead atoms. The molecule has 146 valence electrons. The van der Waals surface area contributed by atoms with Crippen LogP contribution in [0.5, 0.6) is 5.75 Å². The molecular formula is C20H17FN6OS. The van der Waals surface area contributed by atoms with Crippen molar-refractivity contribution in [2.24, 2.45) is 7.05 Å². The highest BCUT2D eigenvalue weighted by atomic mass is 32.2. The highest BCUT2D eigenvalue weighted by Gasteiger charge is 2.12. The molecule has 3 heterocycles. The van der Waals surface area contributed by atoms with Crippen molar-refractivity contribution in [2.75, 3.05) is 7.11 Å². The van der Waals surface area contributed by atoms with Crippen LogP contribution in [-0.4, -0.2) is 31.6 Å². The summed E-state index contributed by atoms with van der Waals surface area (Å²) in [6.07, 6.45) is 6.61. The van der Waals surface area contributed by atoms with Gasteiger partial charge in [-0.25, -0.2) is 4.39 Å². The average Bonchev–Trinajstić information content (AvgIpc) is 3.15. The Balaban J connectivity index is 1.71. The molecule has 9 heteroatoms. The van der Waals surface area contributed by atoms with Crippen LogP contribution in [0.4, 0.5) is 4.39 Å². The van der Waals surface area contributed by atoms with Crippen molar-refractivity contribution in [1.82, 2.24) is 19.3 Å². The number of nitrogens with one attached hydrogen (secondary N) is 2. The first-order valence-electron chi connectivity index (χ1n) is 8.61. The molecule has 0 aliphatic carbocycles. The number of ether oxygens (including phenoxy) is 1. The fraction of sp³-hybridized carbons (Fsp3) is 0.100. The molecule has 4 aromatic rings. The predicted octanol–water partition coefficient (Wildman–Crippen LogP) is 3.64. The van der Waals surface area contributed by atoms with Crippen LogP contribution in [0.25, 0.3) is 22.0 Å². The van der Waals surface area contributed by atoms with Gasteiger partial charge < -0.3 is 4.74 Å². The van der Waals surface area contributed by atoms with Gasteiger partial charge >= 0.3 is 0 Å². The van der Waals surface area contributed by atoms with Gasteiger partial charge in [0.2, 0.25) is 0 Å². The number of hydrogen-bond donors (Lipinski definition) is 2. The number of aromatic nitrogens is 4. The summed E-state index contributed by atoms with van der Waals surface area (Å²) in [4.78, 5) is 5.06. The van der Waals surface area contributed by atoms with Crippen molar-refractivity contribution < 1.29 is 9.13 Å². The molecule has 3 aromatic heterocycles. The Morgan fingerprint density at radius 3 is 2.72 bits per heavy atom. The fourth-order valence-electron chi connectivity index (χ4n) is 2.95. The van der Waals surface area contributed by atoms with Gasteiger partial charge in [0.05, 0.1) is 18.8 Å². The topological polar surface area (TPSA) is 92.6 Å². The molecule has 0 aliphatic heterocycles. The number of hydrogen-bond acceptors (Lipinski definition) is 6. The van der Waals surface area contributed by atoms with E-state index in [0.717, 1.165) is 27.6 Å². The Morgan fingerprint density at radius 2 is 2.00 bits per heavy atom. The van der Waals surface area contributed by atoms with Crippen LogP contribution in [0.15, 0.2) is 60.0 Å². The minimum Gasteiger partial charge on any atom is -0.496 e. The summed E-state index contributed by atoms with van der Waals surface area (Å²) in [6.45, 7) is 0. The van der Waals surface area contributed by atoms with E-state index >= 15 is 0 Å². The maximum absolute atomic E-state index is 14.4. The summed E-state index contributed by atoms with van der Waals surface area (Å²) in [5.74, 6) is -0.0245. The Labute approximate surface area is 169 Å². The lowest BCUT2D eigenvalue weighted by Crippen LogP contribution is -2.27. The van der Waals surface area contributed by atoms with Gasteiger partial charge in [-0.15, -0.1) is 0 Å². The van der Waals surface area contributed by atoms with Crippen LogP contribution in [-0.2, 0) is 7.05 Å². The van der Waals surface area contributed by atoms with E-state index in [1.807, 2.05) is 18.2 Å². The summed E-state index contributed by atoms with van der Waals surface area (Å²) in [5.41, 5.74) is 1.65. The lowest BCUT2D eigenvalue weighted by Gasteiger charge is -2.11. The first kappa shape index (κ1) is 18.9. The lowest BCUT2D eigenvalue weighted by atomic mass is 10.1. The third-order valence-corrected chi connectivity index (χ3v) is 5.26. The van der Waals surface area contributed by atoms with E-state index in [1.54, 1.807) is 49.7 Å². The number of aryl methyl sites for hydroxylation is 1. The third-order valence-electron chi connectivity index (χ3n) is 4.38. The van der Waals surface area contributed by atoms with Gasteiger partial charge in [0.15, 0.2) is 16.5 Å². The molecule has 0 atom stereocenters. The van der Waals surface area contributed by atoms with Crippen molar-refractivity contribution >= 4 is 27.8 Å². The van der Waals surface area contributed by atoms with Crippen LogP contribution in [0, 0.1) is 16.6 Å². The van der Waals surface area contributed by atoms with Gasteiger partial charge in [0.25, 0.3) is 0 Å². The Hall–Kier alpha value is -3.46. The highest BCUT2D eigenvalue weighted by molar-refractivity contribution is 8.13. The van der Waals surface area contributed by atoms with E-state index in [4.69, 9.17) is 15.6 Å². The number of fused-ring (bicyclic) bond motifs is 1. The lowest BCUT2D eigenvalue weighted by molar-refractivity contribution is 0.419. The van der Waals surface area contributed by atoms with Gasteiger partial charge in [0.1, 0.15) is 5.75 Å². The van der Waals surface area contributed by atoms with Gasteiger partial charge in [-0.3, -0.25) is 25.1 Å². The smallest absolute Gasteiger partial charge is 0.171 e. The molecule has 7 nitrogen and oxygen atoms in total.